The van der Waals surface area contributed by atoms with Crippen LogP contribution < -0.4 is 16.6 Å². The first-order valence-corrected chi connectivity index (χ1v) is 6.33. The van der Waals surface area contributed by atoms with Crippen molar-refractivity contribution in [3.8, 4) is 11.4 Å². The summed E-state index contributed by atoms with van der Waals surface area (Å²) in [6.45, 7) is 0. The maximum absolute atomic E-state index is 12.1. The zero-order valence-corrected chi connectivity index (χ0v) is 11.8. The van der Waals surface area contributed by atoms with Gasteiger partial charge in [-0.3, -0.25) is 13.9 Å². The molecule has 0 bridgehead atoms. The van der Waals surface area contributed by atoms with Crippen LogP contribution in [0.4, 0.5) is 5.82 Å². The summed E-state index contributed by atoms with van der Waals surface area (Å²) < 4.78 is 2.39. The van der Waals surface area contributed by atoms with Crippen LogP contribution in [0.3, 0.4) is 0 Å². The monoisotopic (exact) mass is 286 g/mol. The number of anilines is 1. The van der Waals surface area contributed by atoms with Crippen molar-refractivity contribution in [3.63, 3.8) is 0 Å². The van der Waals surface area contributed by atoms with E-state index in [1.165, 1.54) is 11.6 Å². The van der Waals surface area contributed by atoms with Gasteiger partial charge < -0.3 is 10.3 Å². The van der Waals surface area contributed by atoms with Gasteiger partial charge in [0.1, 0.15) is 17.2 Å². The Hall–Kier alpha value is -2.90. The van der Waals surface area contributed by atoms with Crippen LogP contribution >= 0.6 is 0 Å². The number of hydrogen-bond donors (Lipinski definition) is 2. The Kier molecular flexibility index (Phi) is 2.86. The largest absolute Gasteiger partial charge is 0.373 e. The third-order valence-electron chi connectivity index (χ3n) is 3.39. The van der Waals surface area contributed by atoms with E-state index < -0.39 is 11.2 Å². The lowest BCUT2D eigenvalue weighted by molar-refractivity contribution is 0.709. The molecule has 8 heteroatoms. The molecule has 2 N–H and O–H groups in total. The van der Waals surface area contributed by atoms with Crippen LogP contribution in [0.1, 0.15) is 0 Å². The fourth-order valence-corrected chi connectivity index (χ4v) is 2.14. The van der Waals surface area contributed by atoms with Gasteiger partial charge >= 0.3 is 5.69 Å². The number of nitrogens with one attached hydrogen (secondary N) is 2. The molecule has 3 aromatic rings. The van der Waals surface area contributed by atoms with Gasteiger partial charge in [-0.25, -0.2) is 14.8 Å². The number of H-pyrrole nitrogens is 1. The van der Waals surface area contributed by atoms with Crippen molar-refractivity contribution in [1.82, 2.24) is 24.1 Å². The van der Waals surface area contributed by atoms with Crippen LogP contribution in [-0.4, -0.2) is 31.1 Å². The first-order valence-electron chi connectivity index (χ1n) is 6.33. The lowest BCUT2D eigenvalue weighted by atomic mass is 10.3. The highest BCUT2D eigenvalue weighted by atomic mass is 16.2. The van der Waals surface area contributed by atoms with Gasteiger partial charge in [-0.05, 0) is 12.1 Å². The van der Waals surface area contributed by atoms with E-state index in [0.717, 1.165) is 15.9 Å². The predicted octanol–water partition coefficient (Wildman–Crippen LogP) is 0.0640. The number of aryl methyl sites for hydroxylation is 1. The number of imidazole rings is 1. The highest BCUT2D eigenvalue weighted by Crippen LogP contribution is 2.18. The summed E-state index contributed by atoms with van der Waals surface area (Å²) in [7, 11) is 4.80. The van der Waals surface area contributed by atoms with Gasteiger partial charge in [0.2, 0.25) is 0 Å². The summed E-state index contributed by atoms with van der Waals surface area (Å²) >= 11 is 0. The minimum atomic E-state index is -0.408. The van der Waals surface area contributed by atoms with Gasteiger partial charge in [-0.15, -0.1) is 0 Å². The highest BCUT2D eigenvalue weighted by Gasteiger charge is 2.14. The fourth-order valence-electron chi connectivity index (χ4n) is 2.14. The average Bonchev–Trinajstić information content (AvgIpc) is 2.96. The molecular weight excluding hydrogens is 272 g/mol. The molecule has 0 aromatic carbocycles. The molecular formula is C13H14N6O2. The first kappa shape index (κ1) is 13.1. The Labute approximate surface area is 119 Å². The van der Waals surface area contributed by atoms with E-state index in [1.807, 2.05) is 6.07 Å². The Balaban J connectivity index is 2.26. The molecule has 3 heterocycles. The van der Waals surface area contributed by atoms with Crippen LogP contribution in [0.15, 0.2) is 27.9 Å². The number of rotatable bonds is 2. The van der Waals surface area contributed by atoms with Crippen LogP contribution in [0, 0.1) is 0 Å². The van der Waals surface area contributed by atoms with Crippen molar-refractivity contribution in [2.24, 2.45) is 14.1 Å². The van der Waals surface area contributed by atoms with Gasteiger partial charge in [0, 0.05) is 32.9 Å². The molecule has 108 valence electrons. The van der Waals surface area contributed by atoms with Crippen molar-refractivity contribution in [3.05, 3.63) is 39.2 Å². The van der Waals surface area contributed by atoms with E-state index in [0.29, 0.717) is 17.0 Å². The van der Waals surface area contributed by atoms with Crippen LogP contribution in [0.2, 0.25) is 0 Å². The highest BCUT2D eigenvalue weighted by molar-refractivity contribution is 5.75. The first-order chi connectivity index (χ1) is 10.0. The summed E-state index contributed by atoms with van der Waals surface area (Å²) in [5.41, 5.74) is 0.559. The van der Waals surface area contributed by atoms with Crippen LogP contribution in [0.5, 0.6) is 0 Å². The average molecular weight is 286 g/mol. The molecule has 0 unspecified atom stereocenters. The maximum Gasteiger partial charge on any atom is 0.332 e. The number of nitrogens with zero attached hydrogens (tertiary/aromatic N) is 4. The normalized spacial score (nSPS) is 11.0. The van der Waals surface area contributed by atoms with Crippen molar-refractivity contribution >= 4 is 17.0 Å². The van der Waals surface area contributed by atoms with E-state index in [9.17, 15) is 9.59 Å². The van der Waals surface area contributed by atoms with E-state index in [1.54, 1.807) is 26.4 Å². The Morgan fingerprint density at radius 2 is 1.95 bits per heavy atom. The summed E-state index contributed by atoms with van der Waals surface area (Å²) in [6.07, 6.45) is 1.64. The third-order valence-corrected chi connectivity index (χ3v) is 3.39. The minimum absolute atomic E-state index is 0.298. The fraction of sp³-hybridized carbons (Fsp3) is 0.231. The minimum Gasteiger partial charge on any atom is -0.373 e. The second-order valence-corrected chi connectivity index (χ2v) is 4.67. The molecule has 0 fully saturated rings. The van der Waals surface area contributed by atoms with E-state index >= 15 is 0 Å². The molecule has 0 aliphatic carbocycles. The number of fused-ring (bicyclic) bond motifs is 1. The van der Waals surface area contributed by atoms with Gasteiger partial charge in [0.15, 0.2) is 5.65 Å². The van der Waals surface area contributed by atoms with E-state index in [2.05, 4.69) is 20.3 Å². The van der Waals surface area contributed by atoms with Crippen molar-refractivity contribution < 1.29 is 0 Å². The summed E-state index contributed by atoms with van der Waals surface area (Å²) in [5.74, 6) is 1.23. The number of pyridine rings is 1. The molecule has 8 nitrogen and oxygen atoms in total. The second-order valence-electron chi connectivity index (χ2n) is 4.67. The lowest BCUT2D eigenvalue weighted by Gasteiger charge is -2.00. The van der Waals surface area contributed by atoms with Gasteiger partial charge in [-0.1, -0.05) is 0 Å². The molecule has 0 saturated carbocycles. The number of aromatic nitrogens is 5. The molecule has 3 aromatic heterocycles. The van der Waals surface area contributed by atoms with E-state index in [4.69, 9.17) is 0 Å². The Bertz CT molecular complexity index is 932. The van der Waals surface area contributed by atoms with Gasteiger partial charge in [-0.2, -0.15) is 0 Å². The van der Waals surface area contributed by atoms with Crippen molar-refractivity contribution in [2.75, 3.05) is 12.4 Å². The van der Waals surface area contributed by atoms with Crippen LogP contribution in [-0.2, 0) is 14.1 Å². The molecule has 0 amide bonds. The number of hydrogen-bond acceptors (Lipinski definition) is 5. The lowest BCUT2D eigenvalue weighted by Crippen LogP contribution is -2.36. The van der Waals surface area contributed by atoms with Gasteiger partial charge in [0.25, 0.3) is 5.56 Å². The van der Waals surface area contributed by atoms with Crippen LogP contribution in [0.25, 0.3) is 22.6 Å². The predicted molar refractivity (Wildman–Crippen MR) is 79.4 cm³/mol. The maximum atomic E-state index is 12.1. The molecule has 3 rings (SSSR count). The smallest absolute Gasteiger partial charge is 0.332 e. The zero-order chi connectivity index (χ0) is 15.1. The molecule has 0 aliphatic rings. The summed E-state index contributed by atoms with van der Waals surface area (Å²) in [4.78, 5) is 35.5. The standard InChI is InChI=1S/C13H14N6O2/c1-14-8-5-4-7(6-15-8)10-16-9-11(17-10)18(2)13(21)19(3)12(9)20/h4-6H,1-3H3,(H,14,15)(H,16,17). The third kappa shape index (κ3) is 1.92. The zero-order valence-electron chi connectivity index (χ0n) is 11.8. The molecule has 0 aliphatic heterocycles. The Morgan fingerprint density at radius 3 is 2.57 bits per heavy atom. The molecule has 0 atom stereocenters. The molecule has 0 radical (unpaired) electrons. The van der Waals surface area contributed by atoms with Crippen molar-refractivity contribution in [1.29, 1.82) is 0 Å². The summed E-state index contributed by atoms with van der Waals surface area (Å²) in [5, 5.41) is 2.92. The quantitative estimate of drug-likeness (QED) is 0.694. The van der Waals surface area contributed by atoms with Crippen molar-refractivity contribution in [2.45, 2.75) is 0 Å². The molecule has 0 saturated heterocycles. The van der Waals surface area contributed by atoms with E-state index in [-0.39, 0.29) is 0 Å². The summed E-state index contributed by atoms with van der Waals surface area (Å²) in [6, 6.07) is 3.64. The molecule has 21 heavy (non-hydrogen) atoms. The SMILES string of the molecule is CNc1ccc(-c2nc3c([nH]2)c(=O)n(C)c(=O)n3C)cn1. The molecule has 0 spiro atoms. The van der Waals surface area contributed by atoms with Gasteiger partial charge in [0.05, 0.1) is 0 Å². The Morgan fingerprint density at radius 1 is 1.19 bits per heavy atom. The number of aromatic amines is 1. The topological polar surface area (TPSA) is 97.6 Å². The second kappa shape index (κ2) is 4.58.